The van der Waals surface area contributed by atoms with E-state index in [2.05, 4.69) is 10.3 Å². The van der Waals surface area contributed by atoms with E-state index in [9.17, 15) is 4.79 Å². The number of aromatic nitrogens is 1. The molecule has 94 valence electrons. The van der Waals surface area contributed by atoms with E-state index in [1.165, 1.54) is 0 Å². The van der Waals surface area contributed by atoms with Gasteiger partial charge in [0, 0.05) is 25.4 Å². The lowest BCUT2D eigenvalue weighted by Gasteiger charge is -2.19. The monoisotopic (exact) mass is 238 g/mol. The molecule has 0 saturated heterocycles. The molecule has 0 fully saturated rings. The average molecular weight is 238 g/mol. The van der Waals surface area contributed by atoms with Gasteiger partial charge in [-0.05, 0) is 25.5 Å². The van der Waals surface area contributed by atoms with Crippen LogP contribution in [-0.2, 0) is 11.3 Å². The van der Waals surface area contributed by atoms with Crippen molar-refractivity contribution in [3.63, 3.8) is 0 Å². The number of rotatable bonds is 6. The number of ether oxygens (including phenoxy) is 1. The van der Waals surface area contributed by atoms with Crippen LogP contribution in [0.15, 0.2) is 18.3 Å². The van der Waals surface area contributed by atoms with Gasteiger partial charge in [-0.15, -0.1) is 0 Å². The summed E-state index contributed by atoms with van der Waals surface area (Å²) in [6.07, 6.45) is 1.66. The number of methoxy groups -OCH3 is 1. The van der Waals surface area contributed by atoms with Crippen molar-refractivity contribution >= 4 is 5.97 Å². The van der Waals surface area contributed by atoms with Gasteiger partial charge in [0.25, 0.3) is 0 Å². The van der Waals surface area contributed by atoms with E-state index in [1.54, 1.807) is 27.2 Å². The standard InChI is InChI=1S/C12H18N2O3/c1-12(2,11(15)16)8-13-7-9-4-5-14-10(6-9)17-3/h4-6,13H,7-8H2,1-3H3,(H,15,16). The van der Waals surface area contributed by atoms with Crippen LogP contribution in [0.2, 0.25) is 0 Å². The van der Waals surface area contributed by atoms with Gasteiger partial charge < -0.3 is 15.2 Å². The molecule has 1 aromatic heterocycles. The highest BCUT2D eigenvalue weighted by Gasteiger charge is 2.26. The van der Waals surface area contributed by atoms with Crippen LogP contribution in [0.3, 0.4) is 0 Å². The number of aliphatic carboxylic acids is 1. The minimum Gasteiger partial charge on any atom is -0.481 e. The average Bonchev–Trinajstić information content (AvgIpc) is 2.29. The van der Waals surface area contributed by atoms with Crippen molar-refractivity contribution in [1.29, 1.82) is 0 Å². The maximum atomic E-state index is 10.9. The molecule has 17 heavy (non-hydrogen) atoms. The Morgan fingerprint density at radius 3 is 2.88 bits per heavy atom. The molecule has 1 aromatic rings. The number of hydrogen-bond acceptors (Lipinski definition) is 4. The summed E-state index contributed by atoms with van der Waals surface area (Å²) in [4.78, 5) is 14.9. The SMILES string of the molecule is COc1cc(CNCC(C)(C)C(=O)O)ccn1. The lowest BCUT2D eigenvalue weighted by Crippen LogP contribution is -2.35. The second-order valence-corrected chi connectivity index (χ2v) is 4.50. The maximum absolute atomic E-state index is 10.9. The number of nitrogens with one attached hydrogen (secondary N) is 1. The van der Waals surface area contributed by atoms with Gasteiger partial charge in [-0.2, -0.15) is 0 Å². The first-order valence-corrected chi connectivity index (χ1v) is 5.39. The predicted molar refractivity (Wildman–Crippen MR) is 63.9 cm³/mol. The molecule has 0 saturated carbocycles. The fourth-order valence-corrected chi connectivity index (χ4v) is 1.27. The van der Waals surface area contributed by atoms with Crippen molar-refractivity contribution in [1.82, 2.24) is 10.3 Å². The molecule has 0 aliphatic rings. The lowest BCUT2D eigenvalue weighted by molar-refractivity contribution is -0.146. The molecule has 5 nitrogen and oxygen atoms in total. The van der Waals surface area contributed by atoms with E-state index >= 15 is 0 Å². The molecule has 5 heteroatoms. The highest BCUT2D eigenvalue weighted by molar-refractivity contribution is 5.73. The number of carboxylic acids is 1. The Kier molecular flexibility index (Phi) is 4.45. The molecule has 1 heterocycles. The van der Waals surface area contributed by atoms with Gasteiger partial charge in [-0.25, -0.2) is 4.98 Å². The smallest absolute Gasteiger partial charge is 0.310 e. The van der Waals surface area contributed by atoms with Crippen molar-refractivity contribution in [2.24, 2.45) is 5.41 Å². The van der Waals surface area contributed by atoms with Gasteiger partial charge in [-0.1, -0.05) is 0 Å². The van der Waals surface area contributed by atoms with Crippen molar-refractivity contribution in [3.8, 4) is 5.88 Å². The van der Waals surface area contributed by atoms with Gasteiger partial charge in [0.05, 0.1) is 12.5 Å². The normalized spacial score (nSPS) is 11.2. The van der Waals surface area contributed by atoms with Crippen LogP contribution in [-0.4, -0.2) is 29.7 Å². The van der Waals surface area contributed by atoms with Crippen LogP contribution in [0.25, 0.3) is 0 Å². The maximum Gasteiger partial charge on any atom is 0.310 e. The molecule has 0 aliphatic carbocycles. The molecule has 2 N–H and O–H groups in total. The molecule has 0 aromatic carbocycles. The highest BCUT2D eigenvalue weighted by Crippen LogP contribution is 2.14. The van der Waals surface area contributed by atoms with E-state index in [4.69, 9.17) is 9.84 Å². The summed E-state index contributed by atoms with van der Waals surface area (Å²) in [5.74, 6) is -0.251. The fourth-order valence-electron chi connectivity index (χ4n) is 1.27. The van der Waals surface area contributed by atoms with Crippen LogP contribution in [0.5, 0.6) is 5.88 Å². The number of hydrogen-bond donors (Lipinski definition) is 2. The Labute approximate surface area is 101 Å². The number of pyridine rings is 1. The first-order chi connectivity index (χ1) is 7.95. The van der Waals surface area contributed by atoms with Gasteiger partial charge in [0.2, 0.25) is 5.88 Å². The quantitative estimate of drug-likeness (QED) is 0.781. The van der Waals surface area contributed by atoms with Crippen molar-refractivity contribution in [2.45, 2.75) is 20.4 Å². The highest BCUT2D eigenvalue weighted by atomic mass is 16.5. The summed E-state index contributed by atoms with van der Waals surface area (Å²) in [6.45, 7) is 4.38. The Morgan fingerprint density at radius 1 is 1.59 bits per heavy atom. The van der Waals surface area contributed by atoms with Crippen molar-refractivity contribution < 1.29 is 14.6 Å². The summed E-state index contributed by atoms with van der Waals surface area (Å²) < 4.78 is 5.01. The van der Waals surface area contributed by atoms with E-state index < -0.39 is 11.4 Å². The lowest BCUT2D eigenvalue weighted by atomic mass is 9.94. The van der Waals surface area contributed by atoms with Crippen LogP contribution in [0.1, 0.15) is 19.4 Å². The van der Waals surface area contributed by atoms with E-state index in [-0.39, 0.29) is 0 Å². The topological polar surface area (TPSA) is 71.5 Å². The molecule has 1 rings (SSSR count). The second kappa shape index (κ2) is 5.63. The van der Waals surface area contributed by atoms with Gasteiger partial charge >= 0.3 is 5.97 Å². The first kappa shape index (κ1) is 13.4. The molecule has 0 amide bonds. The Morgan fingerprint density at radius 2 is 2.29 bits per heavy atom. The third-order valence-corrected chi connectivity index (χ3v) is 2.48. The summed E-state index contributed by atoms with van der Waals surface area (Å²) in [6, 6.07) is 3.68. The molecule has 0 spiro atoms. The van der Waals surface area contributed by atoms with Crippen molar-refractivity contribution in [2.75, 3.05) is 13.7 Å². The molecule has 0 unspecified atom stereocenters. The summed E-state index contributed by atoms with van der Waals surface area (Å²) in [5.41, 5.74) is 0.245. The summed E-state index contributed by atoms with van der Waals surface area (Å²) in [5, 5.41) is 12.1. The van der Waals surface area contributed by atoms with Crippen LogP contribution >= 0.6 is 0 Å². The first-order valence-electron chi connectivity index (χ1n) is 5.39. The van der Waals surface area contributed by atoms with Gasteiger partial charge in [0.15, 0.2) is 0 Å². The van der Waals surface area contributed by atoms with Crippen LogP contribution < -0.4 is 10.1 Å². The van der Waals surface area contributed by atoms with E-state index in [0.717, 1.165) is 5.56 Å². The third kappa shape index (κ3) is 4.03. The van der Waals surface area contributed by atoms with E-state index in [1.807, 2.05) is 12.1 Å². The number of nitrogens with zero attached hydrogens (tertiary/aromatic N) is 1. The largest absolute Gasteiger partial charge is 0.481 e. The minimum atomic E-state index is -0.808. The molecule has 0 radical (unpaired) electrons. The Balaban J connectivity index is 2.48. The van der Waals surface area contributed by atoms with E-state index in [0.29, 0.717) is 19.0 Å². The molecule has 0 bridgehead atoms. The zero-order chi connectivity index (χ0) is 12.9. The van der Waals surface area contributed by atoms with Gasteiger partial charge in [-0.3, -0.25) is 4.79 Å². The minimum absolute atomic E-state index is 0.410. The zero-order valence-corrected chi connectivity index (χ0v) is 10.4. The van der Waals surface area contributed by atoms with Crippen molar-refractivity contribution in [3.05, 3.63) is 23.9 Å². The third-order valence-electron chi connectivity index (χ3n) is 2.48. The summed E-state index contributed by atoms with van der Waals surface area (Å²) >= 11 is 0. The molecular weight excluding hydrogens is 220 g/mol. The number of carbonyl (C=O) groups is 1. The Bertz CT molecular complexity index is 391. The van der Waals surface area contributed by atoms with Crippen LogP contribution in [0.4, 0.5) is 0 Å². The number of carboxylic acid groups (broad SMARTS) is 1. The fraction of sp³-hybridized carbons (Fsp3) is 0.500. The zero-order valence-electron chi connectivity index (χ0n) is 10.4. The van der Waals surface area contributed by atoms with Crippen LogP contribution in [0, 0.1) is 5.41 Å². The molecule has 0 atom stereocenters. The predicted octanol–water partition coefficient (Wildman–Crippen LogP) is 1.29. The van der Waals surface area contributed by atoms with Gasteiger partial charge in [0.1, 0.15) is 0 Å². The second-order valence-electron chi connectivity index (χ2n) is 4.50. The molecule has 0 aliphatic heterocycles. The molecular formula is C12H18N2O3. The Hall–Kier alpha value is -1.62. The summed E-state index contributed by atoms with van der Waals surface area (Å²) in [7, 11) is 1.56.